The Morgan fingerprint density at radius 2 is 1.76 bits per heavy atom. The van der Waals surface area contributed by atoms with E-state index in [-0.39, 0.29) is 5.56 Å². The number of nitrogens with zero attached hydrogens (tertiary/aromatic N) is 4. The molecule has 2 aromatic heterocycles. The second kappa shape index (κ2) is 9.85. The van der Waals surface area contributed by atoms with Gasteiger partial charge in [0.2, 0.25) is 5.95 Å². The van der Waals surface area contributed by atoms with Crippen LogP contribution in [0.5, 0.6) is 0 Å². The number of anilines is 2. The van der Waals surface area contributed by atoms with E-state index < -0.39 is 0 Å². The third kappa shape index (κ3) is 4.70. The SMILES string of the molecule is O=c1ccc2cnc(N(c3ccccc3)C3CCNCC3)nc2n1CCc1ccccc1Br. The minimum absolute atomic E-state index is 0.0488. The lowest BCUT2D eigenvalue weighted by Crippen LogP contribution is -2.41. The summed E-state index contributed by atoms with van der Waals surface area (Å²) in [5.74, 6) is 0.640. The van der Waals surface area contributed by atoms with Gasteiger partial charge in [-0.2, -0.15) is 4.98 Å². The molecule has 0 amide bonds. The summed E-state index contributed by atoms with van der Waals surface area (Å²) in [7, 11) is 0. The van der Waals surface area contributed by atoms with Crippen LogP contribution in [0.4, 0.5) is 11.6 Å². The molecule has 1 N–H and O–H groups in total. The number of para-hydroxylation sites is 1. The van der Waals surface area contributed by atoms with Crippen LogP contribution in [0, 0.1) is 0 Å². The first-order valence-corrected chi connectivity index (χ1v) is 12.1. The molecule has 1 aliphatic rings. The van der Waals surface area contributed by atoms with Gasteiger partial charge in [-0.25, -0.2) is 4.98 Å². The Balaban J connectivity index is 1.56. The van der Waals surface area contributed by atoms with E-state index in [9.17, 15) is 4.79 Å². The van der Waals surface area contributed by atoms with Crippen molar-refractivity contribution in [3.05, 3.63) is 93.3 Å². The van der Waals surface area contributed by atoms with Crippen molar-refractivity contribution in [2.75, 3.05) is 18.0 Å². The molecule has 2 aromatic carbocycles. The molecule has 0 spiro atoms. The van der Waals surface area contributed by atoms with Crippen LogP contribution in [-0.2, 0) is 13.0 Å². The summed E-state index contributed by atoms with van der Waals surface area (Å²) in [6.45, 7) is 2.49. The monoisotopic (exact) mass is 503 g/mol. The normalized spacial score (nSPS) is 14.5. The van der Waals surface area contributed by atoms with Crippen LogP contribution < -0.4 is 15.8 Å². The molecule has 0 saturated carbocycles. The fourth-order valence-electron chi connectivity index (χ4n) is 4.47. The largest absolute Gasteiger partial charge is 0.317 e. The molecule has 3 heterocycles. The molecule has 5 rings (SSSR count). The van der Waals surface area contributed by atoms with Gasteiger partial charge in [0, 0.05) is 40.4 Å². The molecule has 168 valence electrons. The summed E-state index contributed by atoms with van der Waals surface area (Å²) in [5.41, 5.74) is 2.86. The number of aromatic nitrogens is 3. The zero-order valence-corrected chi connectivity index (χ0v) is 19.9. The van der Waals surface area contributed by atoms with Gasteiger partial charge in [-0.15, -0.1) is 0 Å². The Hall–Kier alpha value is -3.03. The number of fused-ring (bicyclic) bond motifs is 1. The predicted octanol–water partition coefficient (Wildman–Crippen LogP) is 4.69. The van der Waals surface area contributed by atoms with Gasteiger partial charge in [0.05, 0.1) is 0 Å². The highest BCUT2D eigenvalue weighted by atomic mass is 79.9. The molecule has 0 unspecified atom stereocenters. The van der Waals surface area contributed by atoms with E-state index in [0.717, 1.165) is 53.5 Å². The van der Waals surface area contributed by atoms with Crippen LogP contribution in [0.15, 0.2) is 82.2 Å². The average Bonchev–Trinajstić information content (AvgIpc) is 2.86. The van der Waals surface area contributed by atoms with E-state index in [4.69, 9.17) is 9.97 Å². The fourth-order valence-corrected chi connectivity index (χ4v) is 4.95. The van der Waals surface area contributed by atoms with Gasteiger partial charge in [-0.1, -0.05) is 52.3 Å². The number of halogens is 1. The minimum Gasteiger partial charge on any atom is -0.317 e. The highest BCUT2D eigenvalue weighted by molar-refractivity contribution is 9.10. The summed E-state index contributed by atoms with van der Waals surface area (Å²) in [6.07, 6.45) is 4.60. The second-order valence-corrected chi connectivity index (χ2v) is 9.15. The van der Waals surface area contributed by atoms with Crippen LogP contribution in [0.2, 0.25) is 0 Å². The molecule has 7 heteroatoms. The summed E-state index contributed by atoms with van der Waals surface area (Å²) < 4.78 is 2.82. The quantitative estimate of drug-likeness (QED) is 0.413. The molecule has 0 radical (unpaired) electrons. The van der Waals surface area contributed by atoms with Crippen molar-refractivity contribution in [2.45, 2.75) is 31.8 Å². The van der Waals surface area contributed by atoms with Crippen molar-refractivity contribution in [1.29, 1.82) is 0 Å². The number of hydrogen-bond donors (Lipinski definition) is 1. The third-order valence-electron chi connectivity index (χ3n) is 6.20. The molecule has 1 aliphatic heterocycles. The maximum Gasteiger partial charge on any atom is 0.252 e. The molecular formula is C26H26BrN5O. The molecular weight excluding hydrogens is 478 g/mol. The van der Waals surface area contributed by atoms with E-state index in [2.05, 4.69) is 44.3 Å². The van der Waals surface area contributed by atoms with Crippen LogP contribution >= 0.6 is 15.9 Å². The number of piperidine rings is 1. The zero-order chi connectivity index (χ0) is 22.6. The first kappa shape index (κ1) is 21.8. The van der Waals surface area contributed by atoms with E-state index in [0.29, 0.717) is 24.2 Å². The zero-order valence-electron chi connectivity index (χ0n) is 18.3. The average molecular weight is 504 g/mol. The molecule has 1 fully saturated rings. The Labute approximate surface area is 201 Å². The van der Waals surface area contributed by atoms with Crippen molar-refractivity contribution < 1.29 is 0 Å². The third-order valence-corrected chi connectivity index (χ3v) is 6.97. The molecule has 0 bridgehead atoms. The minimum atomic E-state index is -0.0488. The summed E-state index contributed by atoms with van der Waals surface area (Å²) in [5, 5.41) is 4.30. The maximum atomic E-state index is 12.9. The van der Waals surface area contributed by atoms with Gasteiger partial charge < -0.3 is 10.2 Å². The van der Waals surface area contributed by atoms with Gasteiger partial charge >= 0.3 is 0 Å². The fraction of sp³-hybridized carbons (Fsp3) is 0.269. The highest BCUT2D eigenvalue weighted by Crippen LogP contribution is 2.29. The molecule has 4 aromatic rings. The number of pyridine rings is 1. The predicted molar refractivity (Wildman–Crippen MR) is 136 cm³/mol. The van der Waals surface area contributed by atoms with Crippen molar-refractivity contribution in [1.82, 2.24) is 19.9 Å². The summed E-state index contributed by atoms with van der Waals surface area (Å²) >= 11 is 3.61. The van der Waals surface area contributed by atoms with Crippen molar-refractivity contribution in [2.24, 2.45) is 0 Å². The lowest BCUT2D eigenvalue weighted by atomic mass is 10.0. The Morgan fingerprint density at radius 3 is 2.55 bits per heavy atom. The lowest BCUT2D eigenvalue weighted by Gasteiger charge is -2.34. The van der Waals surface area contributed by atoms with Crippen LogP contribution in [0.25, 0.3) is 11.0 Å². The smallest absolute Gasteiger partial charge is 0.252 e. The van der Waals surface area contributed by atoms with Gasteiger partial charge in [0.15, 0.2) is 0 Å². The number of hydrogen-bond acceptors (Lipinski definition) is 5. The maximum absolute atomic E-state index is 12.9. The molecule has 6 nitrogen and oxygen atoms in total. The highest BCUT2D eigenvalue weighted by Gasteiger charge is 2.25. The Kier molecular flexibility index (Phi) is 6.51. The van der Waals surface area contributed by atoms with Gasteiger partial charge in [-0.3, -0.25) is 9.36 Å². The molecule has 0 atom stereocenters. The number of aryl methyl sites for hydroxylation is 2. The van der Waals surface area contributed by atoms with Crippen molar-refractivity contribution in [3.63, 3.8) is 0 Å². The van der Waals surface area contributed by atoms with Gasteiger partial charge in [-0.05, 0) is 62.2 Å². The van der Waals surface area contributed by atoms with Crippen LogP contribution in [0.3, 0.4) is 0 Å². The summed E-state index contributed by atoms with van der Waals surface area (Å²) in [4.78, 5) is 24.8. The second-order valence-electron chi connectivity index (χ2n) is 8.30. The van der Waals surface area contributed by atoms with Gasteiger partial charge in [0.25, 0.3) is 5.56 Å². The van der Waals surface area contributed by atoms with Gasteiger partial charge in [0.1, 0.15) is 5.65 Å². The number of benzene rings is 2. The first-order valence-electron chi connectivity index (χ1n) is 11.4. The molecule has 33 heavy (non-hydrogen) atoms. The van der Waals surface area contributed by atoms with E-state index in [1.807, 2.05) is 48.7 Å². The Morgan fingerprint density at radius 1 is 1.00 bits per heavy atom. The van der Waals surface area contributed by atoms with Crippen LogP contribution in [-0.4, -0.2) is 33.7 Å². The molecule has 0 aliphatic carbocycles. The van der Waals surface area contributed by atoms with E-state index in [1.165, 1.54) is 0 Å². The van der Waals surface area contributed by atoms with Crippen LogP contribution in [0.1, 0.15) is 18.4 Å². The topological polar surface area (TPSA) is 63.1 Å². The van der Waals surface area contributed by atoms with Crippen molar-refractivity contribution >= 4 is 38.6 Å². The molecule has 1 saturated heterocycles. The summed E-state index contributed by atoms with van der Waals surface area (Å²) in [6, 6.07) is 22.1. The lowest BCUT2D eigenvalue weighted by molar-refractivity contribution is 0.449. The first-order chi connectivity index (χ1) is 16.2. The standard InChI is InChI=1S/C26H26BrN5O/c27-23-9-5-4-6-19(23)14-17-31-24(33)11-10-20-18-29-26(30-25(20)31)32(21-7-2-1-3-8-21)22-12-15-28-16-13-22/h1-11,18,22,28H,12-17H2. The van der Waals surface area contributed by atoms with Crippen molar-refractivity contribution in [3.8, 4) is 0 Å². The van der Waals surface area contributed by atoms with E-state index >= 15 is 0 Å². The number of rotatable bonds is 6. The number of nitrogens with one attached hydrogen (secondary N) is 1. The Bertz CT molecular complexity index is 1300. The van der Waals surface area contributed by atoms with E-state index in [1.54, 1.807) is 10.6 Å².